The number of halogens is 2. The number of hydrogen-bond acceptors (Lipinski definition) is 6. The maximum atomic E-state index is 12.6. The number of allylic oxidation sites excluding steroid dienone is 2. The van der Waals surface area contributed by atoms with E-state index >= 15 is 0 Å². The molecule has 0 radical (unpaired) electrons. The van der Waals surface area contributed by atoms with Gasteiger partial charge in [0.2, 0.25) is 5.91 Å². The average Bonchev–Trinajstić information content (AvgIpc) is 2.80. The van der Waals surface area contributed by atoms with Crippen molar-refractivity contribution in [2.75, 3.05) is 18.2 Å². The van der Waals surface area contributed by atoms with Gasteiger partial charge in [0.25, 0.3) is 0 Å². The molecule has 3 rings (SSSR count). The fourth-order valence-electron chi connectivity index (χ4n) is 3.49. The van der Waals surface area contributed by atoms with Crippen LogP contribution < -0.4 is 10.6 Å². The van der Waals surface area contributed by atoms with Crippen molar-refractivity contribution in [2.24, 2.45) is 0 Å². The molecule has 0 unspecified atom stereocenters. The van der Waals surface area contributed by atoms with Crippen LogP contribution in [0.25, 0.3) is 0 Å². The van der Waals surface area contributed by atoms with E-state index in [2.05, 4.69) is 16.7 Å². The van der Waals surface area contributed by atoms with Crippen molar-refractivity contribution in [3.8, 4) is 6.07 Å². The molecule has 0 saturated heterocycles. The predicted molar refractivity (Wildman–Crippen MR) is 132 cm³/mol. The lowest BCUT2D eigenvalue weighted by Gasteiger charge is -2.29. The van der Waals surface area contributed by atoms with Crippen LogP contribution in [0.5, 0.6) is 0 Å². The highest BCUT2D eigenvalue weighted by molar-refractivity contribution is 8.03. The van der Waals surface area contributed by atoms with E-state index in [0.29, 0.717) is 37.6 Å². The van der Waals surface area contributed by atoms with Crippen LogP contribution >= 0.6 is 35.0 Å². The Balaban J connectivity index is 1.91. The summed E-state index contributed by atoms with van der Waals surface area (Å²) in [6, 6.07) is 14.5. The van der Waals surface area contributed by atoms with E-state index in [1.54, 1.807) is 49.4 Å². The number of benzene rings is 2. The molecule has 1 atom stereocenters. The molecule has 9 heteroatoms. The molecule has 0 saturated carbocycles. The fraction of sp³-hybridized carbons (Fsp3) is 0.208. The van der Waals surface area contributed by atoms with Crippen LogP contribution in [0.15, 0.2) is 64.3 Å². The van der Waals surface area contributed by atoms with Crippen LogP contribution in [0.1, 0.15) is 24.0 Å². The lowest BCUT2D eigenvalue weighted by Crippen LogP contribution is -2.29. The molecule has 0 bridgehead atoms. The Kier molecular flexibility index (Phi) is 8.09. The van der Waals surface area contributed by atoms with E-state index in [-0.39, 0.29) is 17.2 Å². The zero-order valence-electron chi connectivity index (χ0n) is 18.2. The molecule has 0 aliphatic carbocycles. The Bertz CT molecular complexity index is 1220. The van der Waals surface area contributed by atoms with Crippen molar-refractivity contribution >= 4 is 52.5 Å². The van der Waals surface area contributed by atoms with Crippen molar-refractivity contribution in [2.45, 2.75) is 19.8 Å². The lowest BCUT2D eigenvalue weighted by atomic mass is 9.82. The van der Waals surface area contributed by atoms with Crippen molar-refractivity contribution < 1.29 is 14.3 Å². The molecule has 170 valence electrons. The summed E-state index contributed by atoms with van der Waals surface area (Å²) < 4.78 is 4.97. The summed E-state index contributed by atoms with van der Waals surface area (Å²) in [5.41, 5.74) is 3.10. The second-order valence-electron chi connectivity index (χ2n) is 7.21. The van der Waals surface area contributed by atoms with Crippen LogP contribution in [0.4, 0.5) is 5.69 Å². The average molecular weight is 502 g/mol. The molecule has 1 amide bonds. The third kappa shape index (κ3) is 5.36. The van der Waals surface area contributed by atoms with E-state index in [1.807, 2.05) is 6.92 Å². The molecule has 1 heterocycles. The molecule has 1 aliphatic heterocycles. The number of nitriles is 1. The predicted octanol–water partition coefficient (Wildman–Crippen LogP) is 5.54. The van der Waals surface area contributed by atoms with Gasteiger partial charge in [-0.1, -0.05) is 59.2 Å². The molecular formula is C24H21Cl2N3O3S. The molecule has 6 nitrogen and oxygen atoms in total. The number of carbonyl (C=O) groups is 2. The molecule has 0 fully saturated rings. The minimum Gasteiger partial charge on any atom is -0.466 e. The normalized spacial score (nSPS) is 15.6. The van der Waals surface area contributed by atoms with Gasteiger partial charge in [0.1, 0.15) is 0 Å². The number of rotatable bonds is 6. The van der Waals surface area contributed by atoms with E-state index in [9.17, 15) is 14.9 Å². The first kappa shape index (κ1) is 24.7. The van der Waals surface area contributed by atoms with Gasteiger partial charge in [-0.3, -0.25) is 4.79 Å². The highest BCUT2D eigenvalue weighted by atomic mass is 35.5. The van der Waals surface area contributed by atoms with Gasteiger partial charge in [0.05, 0.1) is 41.0 Å². The maximum Gasteiger partial charge on any atom is 0.336 e. The van der Waals surface area contributed by atoms with Gasteiger partial charge in [0.15, 0.2) is 0 Å². The first-order valence-electron chi connectivity index (χ1n) is 9.91. The van der Waals surface area contributed by atoms with Crippen LogP contribution in [-0.2, 0) is 14.3 Å². The number of anilines is 1. The van der Waals surface area contributed by atoms with Crippen LogP contribution in [0, 0.1) is 18.3 Å². The number of thioether (sulfide) groups is 1. The van der Waals surface area contributed by atoms with Crippen LogP contribution in [0.3, 0.4) is 0 Å². The largest absolute Gasteiger partial charge is 0.466 e. The van der Waals surface area contributed by atoms with Gasteiger partial charge in [-0.15, -0.1) is 0 Å². The zero-order chi connectivity index (χ0) is 24.1. The minimum absolute atomic E-state index is 0.0372. The van der Waals surface area contributed by atoms with Gasteiger partial charge < -0.3 is 15.4 Å². The number of dihydropyridines is 1. The molecular weight excluding hydrogens is 481 g/mol. The number of hydrogen-bond donors (Lipinski definition) is 2. The second-order valence-corrected chi connectivity index (χ2v) is 9.01. The number of carbonyl (C=O) groups excluding carboxylic acids is 2. The Labute approximate surface area is 206 Å². The smallest absolute Gasteiger partial charge is 0.336 e. The summed E-state index contributed by atoms with van der Waals surface area (Å²) in [4.78, 5) is 25.2. The van der Waals surface area contributed by atoms with Gasteiger partial charge >= 0.3 is 5.97 Å². The molecule has 1 aliphatic rings. The van der Waals surface area contributed by atoms with Crippen LogP contribution in [0.2, 0.25) is 10.0 Å². The number of esters is 1. The zero-order valence-corrected chi connectivity index (χ0v) is 20.5. The van der Waals surface area contributed by atoms with Crippen molar-refractivity contribution in [3.05, 3.63) is 85.5 Å². The Morgan fingerprint density at radius 3 is 2.52 bits per heavy atom. The Hall–Kier alpha value is -2.92. The van der Waals surface area contributed by atoms with Crippen molar-refractivity contribution in [1.82, 2.24) is 5.32 Å². The molecule has 0 aromatic heterocycles. The first-order chi connectivity index (χ1) is 15.8. The molecule has 33 heavy (non-hydrogen) atoms. The van der Waals surface area contributed by atoms with E-state index in [0.717, 1.165) is 5.56 Å². The standard InChI is InChI=1S/C24H21Cl2N3O3S/c1-13-17(25)9-6-10-19(13)29-20(30)12-33-23-16(11-27)22(15-7-4-5-8-18(15)26)21(14(2)28-23)24(31)32-3/h4-10,22,28H,12H2,1-3H3,(H,29,30)/t22-/m0/s1. The Morgan fingerprint density at radius 2 is 1.85 bits per heavy atom. The summed E-state index contributed by atoms with van der Waals surface area (Å²) in [5, 5.41) is 17.4. The SMILES string of the molecule is COC(=O)C1=C(C)NC(SCC(=O)Nc2cccc(Cl)c2C)=C(C#N)[C@@H]1c1ccccc1Cl. The first-order valence-corrected chi connectivity index (χ1v) is 11.6. The number of nitrogens with one attached hydrogen (secondary N) is 2. The number of methoxy groups -OCH3 is 1. The summed E-state index contributed by atoms with van der Waals surface area (Å²) in [6.45, 7) is 3.54. The monoisotopic (exact) mass is 501 g/mol. The summed E-state index contributed by atoms with van der Waals surface area (Å²) in [7, 11) is 1.29. The van der Waals surface area contributed by atoms with E-state index in [4.69, 9.17) is 27.9 Å². The number of nitrogens with zero attached hydrogens (tertiary/aromatic N) is 1. The summed E-state index contributed by atoms with van der Waals surface area (Å²) in [5.74, 6) is -1.50. The Morgan fingerprint density at radius 1 is 1.15 bits per heavy atom. The molecule has 2 aromatic rings. The molecule has 2 aromatic carbocycles. The molecule has 2 N–H and O–H groups in total. The fourth-order valence-corrected chi connectivity index (χ4v) is 4.81. The summed E-state index contributed by atoms with van der Waals surface area (Å²) >= 11 is 13.7. The topological polar surface area (TPSA) is 91.2 Å². The minimum atomic E-state index is -0.724. The van der Waals surface area contributed by atoms with E-state index in [1.165, 1.54) is 18.9 Å². The number of ether oxygens (including phenoxy) is 1. The van der Waals surface area contributed by atoms with Crippen molar-refractivity contribution in [3.63, 3.8) is 0 Å². The van der Waals surface area contributed by atoms with Gasteiger partial charge in [-0.25, -0.2) is 4.79 Å². The number of amides is 1. The lowest BCUT2D eigenvalue weighted by molar-refractivity contribution is -0.136. The summed E-state index contributed by atoms with van der Waals surface area (Å²) in [6.07, 6.45) is 0. The molecule has 0 spiro atoms. The van der Waals surface area contributed by atoms with E-state index < -0.39 is 11.9 Å². The highest BCUT2D eigenvalue weighted by Gasteiger charge is 2.36. The highest BCUT2D eigenvalue weighted by Crippen LogP contribution is 2.43. The quantitative estimate of drug-likeness (QED) is 0.504. The third-order valence-electron chi connectivity index (χ3n) is 5.16. The van der Waals surface area contributed by atoms with Gasteiger partial charge in [-0.2, -0.15) is 5.26 Å². The van der Waals surface area contributed by atoms with Gasteiger partial charge in [0, 0.05) is 21.4 Å². The van der Waals surface area contributed by atoms with Crippen LogP contribution in [-0.4, -0.2) is 24.7 Å². The second kappa shape index (κ2) is 10.8. The third-order valence-corrected chi connectivity index (χ3v) is 6.93. The maximum absolute atomic E-state index is 12.6. The van der Waals surface area contributed by atoms with Gasteiger partial charge in [-0.05, 0) is 43.2 Å². The van der Waals surface area contributed by atoms with Crippen molar-refractivity contribution in [1.29, 1.82) is 5.26 Å².